The molecular formula is C18H21Cl2N3O4S2. The SMILES string of the molecule is C[C@]12CCC(=O)N1[C@H](C(=O)N1CCN(S(=O)(=O)c3cc(Cl)ccc3Cl)CC1)CS2. The molecule has 7 nitrogen and oxygen atoms in total. The van der Waals surface area contributed by atoms with Gasteiger partial charge in [0.15, 0.2) is 0 Å². The first-order valence-corrected chi connectivity index (χ1v) is 12.5. The number of fused-ring (bicyclic) bond motifs is 1. The van der Waals surface area contributed by atoms with Gasteiger partial charge in [-0.3, -0.25) is 9.59 Å². The number of hydrogen-bond acceptors (Lipinski definition) is 5. The zero-order chi connectivity index (χ0) is 21.0. The number of sulfonamides is 1. The van der Waals surface area contributed by atoms with Gasteiger partial charge in [-0.15, -0.1) is 11.8 Å². The highest BCUT2D eigenvalue weighted by molar-refractivity contribution is 8.01. The lowest BCUT2D eigenvalue weighted by Crippen LogP contribution is -2.56. The predicted octanol–water partition coefficient (Wildman–Crippen LogP) is 2.28. The molecule has 1 aromatic carbocycles. The fourth-order valence-electron chi connectivity index (χ4n) is 4.18. The maximum atomic E-state index is 13.1. The van der Waals surface area contributed by atoms with Crippen molar-refractivity contribution in [3.05, 3.63) is 28.2 Å². The van der Waals surface area contributed by atoms with Crippen LogP contribution >= 0.6 is 35.0 Å². The van der Waals surface area contributed by atoms with Crippen molar-refractivity contribution in [3.8, 4) is 0 Å². The Bertz CT molecular complexity index is 966. The van der Waals surface area contributed by atoms with Gasteiger partial charge in [0, 0.05) is 43.4 Å². The van der Waals surface area contributed by atoms with E-state index in [0.717, 1.165) is 6.42 Å². The summed E-state index contributed by atoms with van der Waals surface area (Å²) in [6.07, 6.45) is 1.23. The summed E-state index contributed by atoms with van der Waals surface area (Å²) in [5.74, 6) is 0.500. The van der Waals surface area contributed by atoms with Crippen LogP contribution in [0, 0.1) is 0 Å². The molecule has 0 saturated carbocycles. The van der Waals surface area contributed by atoms with Crippen LogP contribution in [0.3, 0.4) is 0 Å². The zero-order valence-electron chi connectivity index (χ0n) is 15.8. The number of halogens is 2. The van der Waals surface area contributed by atoms with Crippen LogP contribution < -0.4 is 0 Å². The Morgan fingerprint density at radius 3 is 2.59 bits per heavy atom. The lowest BCUT2D eigenvalue weighted by Gasteiger charge is -2.37. The maximum Gasteiger partial charge on any atom is 0.246 e. The lowest BCUT2D eigenvalue weighted by molar-refractivity contribution is -0.144. The van der Waals surface area contributed by atoms with Gasteiger partial charge in [-0.25, -0.2) is 8.42 Å². The monoisotopic (exact) mass is 477 g/mol. The first-order valence-electron chi connectivity index (χ1n) is 9.34. The van der Waals surface area contributed by atoms with Crippen molar-refractivity contribution < 1.29 is 18.0 Å². The van der Waals surface area contributed by atoms with Crippen molar-refractivity contribution in [3.63, 3.8) is 0 Å². The summed E-state index contributed by atoms with van der Waals surface area (Å²) in [4.78, 5) is 28.4. The van der Waals surface area contributed by atoms with E-state index in [2.05, 4.69) is 0 Å². The first kappa shape index (κ1) is 21.2. The van der Waals surface area contributed by atoms with Gasteiger partial charge >= 0.3 is 0 Å². The Balaban J connectivity index is 1.45. The number of nitrogens with zero attached hydrogens (tertiary/aromatic N) is 3. The molecule has 2 amide bonds. The molecule has 29 heavy (non-hydrogen) atoms. The van der Waals surface area contributed by atoms with Crippen LogP contribution in [0.1, 0.15) is 19.8 Å². The Morgan fingerprint density at radius 2 is 1.90 bits per heavy atom. The highest BCUT2D eigenvalue weighted by Gasteiger charge is 2.53. The highest BCUT2D eigenvalue weighted by Crippen LogP contribution is 2.47. The molecule has 0 unspecified atom stereocenters. The third kappa shape index (κ3) is 3.65. The van der Waals surface area contributed by atoms with E-state index < -0.39 is 16.1 Å². The molecule has 3 aliphatic rings. The molecule has 2 atom stereocenters. The van der Waals surface area contributed by atoms with Crippen LogP contribution in [-0.4, -0.2) is 77.2 Å². The van der Waals surface area contributed by atoms with Gasteiger partial charge in [-0.2, -0.15) is 4.31 Å². The smallest absolute Gasteiger partial charge is 0.246 e. The van der Waals surface area contributed by atoms with E-state index in [1.807, 2.05) is 6.92 Å². The number of rotatable bonds is 3. The van der Waals surface area contributed by atoms with Gasteiger partial charge in [0.25, 0.3) is 0 Å². The second kappa shape index (κ2) is 7.60. The number of amides is 2. The van der Waals surface area contributed by atoms with Gasteiger partial charge < -0.3 is 9.80 Å². The minimum Gasteiger partial charge on any atom is -0.338 e. The summed E-state index contributed by atoms with van der Waals surface area (Å²) in [5, 5.41) is 0.404. The molecule has 11 heteroatoms. The number of thioether (sulfide) groups is 1. The van der Waals surface area contributed by atoms with E-state index in [9.17, 15) is 18.0 Å². The van der Waals surface area contributed by atoms with E-state index >= 15 is 0 Å². The standard InChI is InChI=1S/C18H21Cl2N3O4S2/c1-18-5-4-16(24)23(18)14(11-28-18)17(25)21-6-8-22(9-7-21)29(26,27)15-10-12(19)2-3-13(15)20/h2-3,10,14H,4-9,11H2,1H3/t14-,18-/m0/s1. The number of benzene rings is 1. The minimum absolute atomic E-state index is 0.0210. The highest BCUT2D eigenvalue weighted by atomic mass is 35.5. The molecule has 0 bridgehead atoms. The molecule has 0 spiro atoms. The van der Waals surface area contributed by atoms with E-state index in [1.54, 1.807) is 21.6 Å². The van der Waals surface area contributed by atoms with Crippen molar-refractivity contribution in [2.75, 3.05) is 31.9 Å². The molecule has 0 aliphatic carbocycles. The Labute approximate surface area is 184 Å². The van der Waals surface area contributed by atoms with Crippen molar-refractivity contribution in [1.29, 1.82) is 0 Å². The van der Waals surface area contributed by atoms with Gasteiger partial charge in [0.1, 0.15) is 10.9 Å². The quantitative estimate of drug-likeness (QED) is 0.666. The Hall–Kier alpha value is -1.000. The lowest BCUT2D eigenvalue weighted by atomic mass is 10.2. The van der Waals surface area contributed by atoms with E-state index in [-0.39, 0.29) is 52.8 Å². The zero-order valence-corrected chi connectivity index (χ0v) is 19.0. The Kier molecular flexibility index (Phi) is 5.57. The molecule has 0 aromatic heterocycles. The number of carbonyl (C=O) groups is 2. The van der Waals surface area contributed by atoms with Crippen LogP contribution in [0.2, 0.25) is 10.0 Å². The molecule has 1 aromatic rings. The maximum absolute atomic E-state index is 13.1. The molecule has 3 aliphatic heterocycles. The number of piperazine rings is 1. The van der Waals surface area contributed by atoms with Crippen molar-refractivity contribution in [2.24, 2.45) is 0 Å². The molecule has 3 heterocycles. The second-order valence-corrected chi connectivity index (χ2v) is 11.8. The van der Waals surface area contributed by atoms with Gasteiger partial charge in [0.2, 0.25) is 21.8 Å². The van der Waals surface area contributed by atoms with Crippen molar-refractivity contribution >= 4 is 56.8 Å². The summed E-state index contributed by atoms with van der Waals surface area (Å²) >= 11 is 13.7. The molecular weight excluding hydrogens is 457 g/mol. The predicted molar refractivity (Wildman–Crippen MR) is 113 cm³/mol. The summed E-state index contributed by atoms with van der Waals surface area (Å²) in [7, 11) is -3.81. The van der Waals surface area contributed by atoms with E-state index in [1.165, 1.54) is 22.5 Å². The number of carbonyl (C=O) groups excluding carboxylic acids is 2. The average Bonchev–Trinajstić information content (AvgIpc) is 3.19. The topological polar surface area (TPSA) is 78.0 Å². The number of hydrogen-bond donors (Lipinski definition) is 0. The van der Waals surface area contributed by atoms with Gasteiger partial charge in [-0.05, 0) is 31.5 Å². The fourth-order valence-corrected chi connectivity index (χ4v) is 7.76. The van der Waals surface area contributed by atoms with Crippen molar-refractivity contribution in [2.45, 2.75) is 35.6 Å². The van der Waals surface area contributed by atoms with Crippen LogP contribution in [0.4, 0.5) is 0 Å². The van der Waals surface area contributed by atoms with Gasteiger partial charge in [0.05, 0.1) is 9.89 Å². The largest absolute Gasteiger partial charge is 0.338 e. The fraction of sp³-hybridized carbons (Fsp3) is 0.556. The molecule has 4 rings (SSSR count). The Morgan fingerprint density at radius 1 is 1.21 bits per heavy atom. The summed E-state index contributed by atoms with van der Waals surface area (Å²) < 4.78 is 27.2. The van der Waals surface area contributed by atoms with Crippen molar-refractivity contribution in [1.82, 2.24) is 14.1 Å². The molecule has 158 valence electrons. The van der Waals surface area contributed by atoms with Crippen LogP contribution in [-0.2, 0) is 19.6 Å². The summed E-state index contributed by atoms with van der Waals surface area (Å²) in [5.41, 5.74) is 0. The van der Waals surface area contributed by atoms with E-state index in [4.69, 9.17) is 23.2 Å². The molecule has 0 N–H and O–H groups in total. The third-order valence-electron chi connectivity index (χ3n) is 5.79. The first-order chi connectivity index (χ1) is 13.6. The summed E-state index contributed by atoms with van der Waals surface area (Å²) in [6, 6.07) is 3.86. The molecule has 3 fully saturated rings. The average molecular weight is 478 g/mol. The van der Waals surface area contributed by atoms with E-state index in [0.29, 0.717) is 17.2 Å². The molecule has 0 radical (unpaired) electrons. The molecule has 3 saturated heterocycles. The van der Waals surface area contributed by atoms with Gasteiger partial charge in [-0.1, -0.05) is 23.2 Å². The van der Waals surface area contributed by atoms with Crippen LogP contribution in [0.25, 0.3) is 0 Å². The minimum atomic E-state index is -3.81. The van der Waals surface area contributed by atoms with Crippen LogP contribution in [0.15, 0.2) is 23.1 Å². The summed E-state index contributed by atoms with van der Waals surface area (Å²) in [6.45, 7) is 2.89. The van der Waals surface area contributed by atoms with Crippen LogP contribution in [0.5, 0.6) is 0 Å². The third-order valence-corrected chi connectivity index (χ3v) is 9.91. The second-order valence-electron chi connectivity index (χ2n) is 7.57. The normalized spacial score (nSPS) is 28.1.